The maximum Gasteiger partial charge on any atom is 0.255 e. The molecular weight excluding hydrogens is 260 g/mol. The predicted octanol–water partition coefficient (Wildman–Crippen LogP) is 2.20. The molecule has 110 valence electrons. The summed E-state index contributed by atoms with van der Waals surface area (Å²) in [5.74, 6) is -0.0625. The zero-order valence-electron chi connectivity index (χ0n) is 13.2. The van der Waals surface area contributed by atoms with Gasteiger partial charge in [-0.25, -0.2) is 0 Å². The summed E-state index contributed by atoms with van der Waals surface area (Å²) in [6.45, 7) is 4.98. The van der Waals surface area contributed by atoms with Gasteiger partial charge in [0, 0.05) is 16.8 Å². The molecule has 1 amide bonds. The summed E-state index contributed by atoms with van der Waals surface area (Å²) in [6.07, 6.45) is 0. The molecule has 0 bridgehead atoms. The van der Waals surface area contributed by atoms with Crippen molar-refractivity contribution < 1.29 is 9.69 Å². The molecule has 2 aromatic rings. The molecule has 0 saturated carbocycles. The Hall–Kier alpha value is -2.13. The normalized spacial score (nSPS) is 10.7. The van der Waals surface area contributed by atoms with Crippen molar-refractivity contribution >= 4 is 11.6 Å². The average molecular weight is 283 g/mol. The number of hydrogen-bond donors (Lipinski definition) is 2. The molecule has 3 nitrogen and oxygen atoms in total. The fourth-order valence-corrected chi connectivity index (χ4v) is 2.25. The number of aryl methyl sites for hydroxylation is 2. The van der Waals surface area contributed by atoms with Crippen molar-refractivity contribution in [2.75, 3.05) is 19.4 Å². The van der Waals surface area contributed by atoms with Gasteiger partial charge in [0.1, 0.15) is 6.54 Å². The van der Waals surface area contributed by atoms with Crippen LogP contribution in [-0.4, -0.2) is 20.0 Å². The van der Waals surface area contributed by atoms with Crippen LogP contribution < -0.4 is 10.2 Å². The summed E-state index contributed by atoms with van der Waals surface area (Å²) in [4.78, 5) is 13.7. The maximum absolute atomic E-state index is 12.3. The zero-order chi connectivity index (χ0) is 15.4. The van der Waals surface area contributed by atoms with Crippen LogP contribution in [0.1, 0.15) is 27.0 Å². The van der Waals surface area contributed by atoms with Gasteiger partial charge in [0.15, 0.2) is 0 Å². The van der Waals surface area contributed by atoms with Crippen LogP contribution in [0.25, 0.3) is 0 Å². The summed E-state index contributed by atoms with van der Waals surface area (Å²) in [5.41, 5.74) is 5.01. The van der Waals surface area contributed by atoms with Crippen LogP contribution in [0.2, 0.25) is 0 Å². The van der Waals surface area contributed by atoms with Gasteiger partial charge in [0.2, 0.25) is 0 Å². The number of amides is 1. The van der Waals surface area contributed by atoms with E-state index in [1.807, 2.05) is 56.3 Å². The number of nitrogens with one attached hydrogen (secondary N) is 2. The van der Waals surface area contributed by atoms with Crippen LogP contribution in [-0.2, 0) is 6.54 Å². The van der Waals surface area contributed by atoms with Crippen molar-refractivity contribution in [2.24, 2.45) is 0 Å². The highest BCUT2D eigenvalue weighted by atomic mass is 16.1. The molecule has 2 N–H and O–H groups in total. The zero-order valence-corrected chi connectivity index (χ0v) is 13.2. The molecule has 2 rings (SSSR count). The molecule has 0 unspecified atom stereocenters. The number of hydrogen-bond acceptors (Lipinski definition) is 1. The largest absolute Gasteiger partial charge is 0.336 e. The first kappa shape index (κ1) is 15.3. The Balaban J connectivity index is 2.11. The molecule has 0 heterocycles. The van der Waals surface area contributed by atoms with Crippen LogP contribution in [0.3, 0.4) is 0 Å². The molecular formula is C18H23N2O+. The fourth-order valence-electron chi connectivity index (χ4n) is 2.25. The second kappa shape index (κ2) is 6.55. The second-order valence-electron chi connectivity index (χ2n) is 5.85. The van der Waals surface area contributed by atoms with E-state index in [0.717, 1.165) is 23.4 Å². The molecule has 3 heteroatoms. The number of rotatable bonds is 4. The van der Waals surface area contributed by atoms with Crippen molar-refractivity contribution in [2.45, 2.75) is 20.4 Å². The SMILES string of the molecule is Cc1ccc(C)c(NC(=O)c2ccc(C[NH+](C)C)cc2)c1. The van der Waals surface area contributed by atoms with E-state index in [2.05, 4.69) is 19.4 Å². The molecule has 0 spiro atoms. The highest BCUT2D eigenvalue weighted by Crippen LogP contribution is 2.17. The summed E-state index contributed by atoms with van der Waals surface area (Å²) >= 11 is 0. The van der Waals surface area contributed by atoms with Crippen molar-refractivity contribution in [3.05, 3.63) is 64.7 Å². The van der Waals surface area contributed by atoms with Crippen LogP contribution in [0.5, 0.6) is 0 Å². The molecule has 0 aliphatic rings. The van der Waals surface area contributed by atoms with Crippen molar-refractivity contribution in [1.82, 2.24) is 0 Å². The molecule has 0 aliphatic heterocycles. The number of quaternary nitrogens is 1. The number of anilines is 1. The number of benzene rings is 2. The van der Waals surface area contributed by atoms with Crippen molar-refractivity contribution in [1.29, 1.82) is 0 Å². The molecule has 21 heavy (non-hydrogen) atoms. The van der Waals surface area contributed by atoms with E-state index in [4.69, 9.17) is 0 Å². The Bertz CT molecular complexity index is 630. The van der Waals surface area contributed by atoms with Gasteiger partial charge in [0.25, 0.3) is 5.91 Å². The standard InChI is InChI=1S/C18H22N2O/c1-13-5-6-14(2)17(11-13)19-18(21)16-9-7-15(8-10-16)12-20(3)4/h5-11H,12H2,1-4H3,(H,19,21)/p+1. The fraction of sp³-hybridized carbons (Fsp3) is 0.278. The molecule has 0 aromatic heterocycles. The first-order valence-electron chi connectivity index (χ1n) is 7.22. The van der Waals surface area contributed by atoms with Gasteiger partial charge < -0.3 is 10.2 Å². The lowest BCUT2D eigenvalue weighted by Gasteiger charge is -2.10. The van der Waals surface area contributed by atoms with E-state index in [1.54, 1.807) is 0 Å². The summed E-state index contributed by atoms with van der Waals surface area (Å²) in [7, 11) is 4.22. The average Bonchev–Trinajstić information content (AvgIpc) is 2.43. The lowest BCUT2D eigenvalue weighted by molar-refractivity contribution is -0.872. The van der Waals surface area contributed by atoms with Gasteiger partial charge in [0.05, 0.1) is 14.1 Å². The van der Waals surface area contributed by atoms with E-state index in [9.17, 15) is 4.79 Å². The third-order valence-corrected chi connectivity index (χ3v) is 3.42. The Kier molecular flexibility index (Phi) is 4.76. The van der Waals surface area contributed by atoms with Gasteiger partial charge in [-0.05, 0) is 43.2 Å². The highest BCUT2D eigenvalue weighted by Gasteiger charge is 2.08. The minimum absolute atomic E-state index is 0.0625. The molecule has 0 radical (unpaired) electrons. The lowest BCUT2D eigenvalue weighted by Crippen LogP contribution is -3.04. The molecule has 0 saturated heterocycles. The molecule has 0 atom stereocenters. The predicted molar refractivity (Wildman–Crippen MR) is 86.8 cm³/mol. The first-order valence-corrected chi connectivity index (χ1v) is 7.22. The van der Waals surface area contributed by atoms with Crippen LogP contribution >= 0.6 is 0 Å². The minimum Gasteiger partial charge on any atom is -0.336 e. The van der Waals surface area contributed by atoms with Crippen molar-refractivity contribution in [3.8, 4) is 0 Å². The van der Waals surface area contributed by atoms with E-state index in [0.29, 0.717) is 5.56 Å². The van der Waals surface area contributed by atoms with Crippen LogP contribution in [0, 0.1) is 13.8 Å². The van der Waals surface area contributed by atoms with Crippen molar-refractivity contribution in [3.63, 3.8) is 0 Å². The van der Waals surface area contributed by atoms with Crippen LogP contribution in [0.4, 0.5) is 5.69 Å². The lowest BCUT2D eigenvalue weighted by atomic mass is 10.1. The minimum atomic E-state index is -0.0625. The highest BCUT2D eigenvalue weighted by molar-refractivity contribution is 6.04. The molecule has 0 fully saturated rings. The number of carbonyl (C=O) groups is 1. The summed E-state index contributed by atoms with van der Waals surface area (Å²) in [6, 6.07) is 13.9. The van der Waals surface area contributed by atoms with Gasteiger partial charge in [-0.1, -0.05) is 24.3 Å². The Labute approximate surface area is 126 Å². The molecule has 0 aliphatic carbocycles. The topological polar surface area (TPSA) is 33.5 Å². The van der Waals surface area contributed by atoms with Gasteiger partial charge in [-0.2, -0.15) is 0 Å². The van der Waals surface area contributed by atoms with E-state index < -0.39 is 0 Å². The van der Waals surface area contributed by atoms with E-state index >= 15 is 0 Å². The first-order chi connectivity index (χ1) is 9.95. The smallest absolute Gasteiger partial charge is 0.255 e. The third-order valence-electron chi connectivity index (χ3n) is 3.42. The van der Waals surface area contributed by atoms with Gasteiger partial charge >= 0.3 is 0 Å². The quantitative estimate of drug-likeness (QED) is 0.886. The summed E-state index contributed by atoms with van der Waals surface area (Å²) in [5, 5.41) is 2.98. The monoisotopic (exact) mass is 283 g/mol. The summed E-state index contributed by atoms with van der Waals surface area (Å²) < 4.78 is 0. The third kappa shape index (κ3) is 4.17. The Morgan fingerprint density at radius 1 is 1.05 bits per heavy atom. The van der Waals surface area contributed by atoms with E-state index in [1.165, 1.54) is 10.5 Å². The van der Waals surface area contributed by atoms with Gasteiger partial charge in [-0.15, -0.1) is 0 Å². The Morgan fingerprint density at radius 2 is 1.71 bits per heavy atom. The number of carbonyl (C=O) groups excluding carboxylic acids is 1. The second-order valence-corrected chi connectivity index (χ2v) is 5.85. The Morgan fingerprint density at radius 3 is 2.33 bits per heavy atom. The van der Waals surface area contributed by atoms with Crippen LogP contribution in [0.15, 0.2) is 42.5 Å². The van der Waals surface area contributed by atoms with E-state index in [-0.39, 0.29) is 5.91 Å². The molecule has 2 aromatic carbocycles. The van der Waals surface area contributed by atoms with Gasteiger partial charge in [-0.3, -0.25) is 4.79 Å². The maximum atomic E-state index is 12.3.